The van der Waals surface area contributed by atoms with Crippen molar-refractivity contribution in [1.82, 2.24) is 4.57 Å². The molecule has 7 heteroatoms. The number of hydrogen-bond acceptors (Lipinski definition) is 5. The van der Waals surface area contributed by atoms with Crippen LogP contribution >= 0.6 is 15.9 Å². The summed E-state index contributed by atoms with van der Waals surface area (Å²) in [6, 6.07) is 11.4. The van der Waals surface area contributed by atoms with Crippen LogP contribution in [0.3, 0.4) is 0 Å². The van der Waals surface area contributed by atoms with Gasteiger partial charge < -0.3 is 9.15 Å². The number of esters is 1. The predicted octanol–water partition coefficient (Wildman–Crippen LogP) is 3.03. The fourth-order valence-corrected chi connectivity index (χ4v) is 2.60. The number of ether oxygens (including phenoxy) is 1. The highest BCUT2D eigenvalue weighted by molar-refractivity contribution is 9.10. The third-order valence-corrected chi connectivity index (χ3v) is 4.09. The summed E-state index contributed by atoms with van der Waals surface area (Å²) >= 11 is 3.30. The van der Waals surface area contributed by atoms with E-state index in [9.17, 15) is 14.4 Å². The Morgan fingerprint density at radius 3 is 2.46 bits per heavy atom. The topological polar surface area (TPSA) is 78.5 Å². The normalized spacial score (nSPS) is 10.8. The molecule has 0 aliphatic heterocycles. The average molecular weight is 390 g/mol. The van der Waals surface area contributed by atoms with Gasteiger partial charge in [-0.2, -0.15) is 0 Å². The summed E-state index contributed by atoms with van der Waals surface area (Å²) in [5.41, 5.74) is 1.43. The molecule has 3 rings (SSSR count). The lowest BCUT2D eigenvalue weighted by molar-refractivity contribution is 0.0600. The Kier molecular flexibility index (Phi) is 4.35. The monoisotopic (exact) mass is 389 g/mol. The van der Waals surface area contributed by atoms with Gasteiger partial charge in [-0.05, 0) is 30.3 Å². The highest BCUT2D eigenvalue weighted by Crippen LogP contribution is 2.17. The number of halogens is 1. The lowest BCUT2D eigenvalue weighted by Crippen LogP contribution is -2.20. The van der Waals surface area contributed by atoms with Gasteiger partial charge in [0, 0.05) is 10.0 Å². The van der Waals surface area contributed by atoms with Crippen LogP contribution in [0.5, 0.6) is 0 Å². The van der Waals surface area contributed by atoms with E-state index in [1.165, 1.54) is 23.8 Å². The number of benzene rings is 2. The Labute approximate surface area is 144 Å². The number of aromatic nitrogens is 1. The largest absolute Gasteiger partial charge is 0.465 e. The number of carbonyl (C=O) groups excluding carboxylic acids is 2. The Morgan fingerprint density at radius 1 is 1.12 bits per heavy atom. The first-order valence-corrected chi connectivity index (χ1v) is 7.79. The summed E-state index contributed by atoms with van der Waals surface area (Å²) in [5.74, 6) is -1.40. The van der Waals surface area contributed by atoms with Gasteiger partial charge in [0.1, 0.15) is 0 Å². The zero-order valence-corrected chi connectivity index (χ0v) is 14.2. The van der Waals surface area contributed by atoms with Gasteiger partial charge in [0.15, 0.2) is 11.4 Å². The first kappa shape index (κ1) is 16.2. The van der Waals surface area contributed by atoms with E-state index < -0.39 is 11.7 Å². The Morgan fingerprint density at radius 2 is 1.79 bits per heavy atom. The van der Waals surface area contributed by atoms with Crippen molar-refractivity contribution in [2.45, 2.75) is 6.54 Å². The maximum Gasteiger partial charge on any atom is 0.420 e. The minimum Gasteiger partial charge on any atom is -0.465 e. The first-order valence-electron chi connectivity index (χ1n) is 7.00. The molecule has 0 fully saturated rings. The number of carbonyl (C=O) groups is 2. The molecule has 0 unspecified atom stereocenters. The van der Waals surface area contributed by atoms with Crippen LogP contribution in [0.15, 0.2) is 56.1 Å². The molecule has 1 aromatic heterocycles. The molecule has 0 radical (unpaired) electrons. The number of oxazole rings is 1. The number of nitrogens with zero attached hydrogens (tertiary/aromatic N) is 1. The maximum atomic E-state index is 12.3. The molecule has 0 atom stereocenters. The van der Waals surface area contributed by atoms with Gasteiger partial charge in [0.2, 0.25) is 0 Å². The van der Waals surface area contributed by atoms with Crippen molar-refractivity contribution in [3.8, 4) is 0 Å². The third-order valence-electron chi connectivity index (χ3n) is 3.56. The SMILES string of the molecule is COC(=O)c1ccc2c(c1)oc(=O)n2CC(=O)c1ccc(Br)cc1. The molecule has 0 spiro atoms. The molecule has 0 N–H and O–H groups in total. The van der Waals surface area contributed by atoms with E-state index in [4.69, 9.17) is 4.42 Å². The van der Waals surface area contributed by atoms with Crippen LogP contribution in [0, 0.1) is 0 Å². The van der Waals surface area contributed by atoms with Gasteiger partial charge in [-0.1, -0.05) is 28.1 Å². The number of Topliss-reactive ketones (excluding diaryl/α,β-unsaturated/α-hetero) is 1. The van der Waals surface area contributed by atoms with Crippen molar-refractivity contribution in [1.29, 1.82) is 0 Å². The summed E-state index contributed by atoms with van der Waals surface area (Å²) in [5, 5.41) is 0. The van der Waals surface area contributed by atoms with Crippen molar-refractivity contribution in [2.24, 2.45) is 0 Å². The summed E-state index contributed by atoms with van der Waals surface area (Å²) in [4.78, 5) is 35.9. The quantitative estimate of drug-likeness (QED) is 0.506. The highest BCUT2D eigenvalue weighted by atomic mass is 79.9. The Hall–Kier alpha value is -2.67. The molecule has 6 nitrogen and oxygen atoms in total. The standard InChI is InChI=1S/C17H12BrNO5/c1-23-16(21)11-4-7-13-15(8-11)24-17(22)19(13)9-14(20)10-2-5-12(18)6-3-10/h2-8H,9H2,1H3. The molecule has 0 bridgehead atoms. The van der Waals surface area contributed by atoms with E-state index in [1.54, 1.807) is 30.3 Å². The van der Waals surface area contributed by atoms with Crippen LogP contribution in [0.2, 0.25) is 0 Å². The lowest BCUT2D eigenvalue weighted by Gasteiger charge is -2.03. The van der Waals surface area contributed by atoms with Crippen LogP contribution < -0.4 is 5.76 Å². The maximum absolute atomic E-state index is 12.3. The number of methoxy groups -OCH3 is 1. The predicted molar refractivity (Wildman–Crippen MR) is 90.3 cm³/mol. The number of fused-ring (bicyclic) bond motifs is 1. The van der Waals surface area contributed by atoms with Gasteiger partial charge in [0.25, 0.3) is 0 Å². The van der Waals surface area contributed by atoms with Crippen LogP contribution in [0.25, 0.3) is 11.1 Å². The van der Waals surface area contributed by atoms with E-state index in [0.717, 1.165) is 4.47 Å². The molecule has 0 amide bonds. The van der Waals surface area contributed by atoms with Gasteiger partial charge in [-0.15, -0.1) is 0 Å². The summed E-state index contributed by atoms with van der Waals surface area (Å²) in [6.45, 7) is -0.148. The molecule has 0 aliphatic rings. The third kappa shape index (κ3) is 3.03. The second-order valence-electron chi connectivity index (χ2n) is 5.06. The van der Waals surface area contributed by atoms with E-state index in [0.29, 0.717) is 11.1 Å². The zero-order valence-electron chi connectivity index (χ0n) is 12.6. The number of rotatable bonds is 4. The molecule has 122 valence electrons. The van der Waals surface area contributed by atoms with Crippen molar-refractivity contribution in [2.75, 3.05) is 7.11 Å². The zero-order chi connectivity index (χ0) is 17.3. The minimum atomic E-state index is -0.655. The van der Waals surface area contributed by atoms with Crippen molar-refractivity contribution in [3.05, 3.63) is 68.6 Å². The average Bonchev–Trinajstić information content (AvgIpc) is 2.89. The van der Waals surface area contributed by atoms with Crippen LogP contribution in [0.1, 0.15) is 20.7 Å². The summed E-state index contributed by atoms with van der Waals surface area (Å²) in [6.07, 6.45) is 0. The van der Waals surface area contributed by atoms with E-state index in [2.05, 4.69) is 20.7 Å². The van der Waals surface area contributed by atoms with Gasteiger partial charge in [-0.3, -0.25) is 9.36 Å². The molecule has 2 aromatic carbocycles. The van der Waals surface area contributed by atoms with Crippen LogP contribution in [-0.4, -0.2) is 23.4 Å². The summed E-state index contributed by atoms with van der Waals surface area (Å²) in [7, 11) is 1.27. The smallest absolute Gasteiger partial charge is 0.420 e. The van der Waals surface area contributed by atoms with Gasteiger partial charge in [0.05, 0.1) is 24.7 Å². The van der Waals surface area contributed by atoms with Gasteiger partial charge >= 0.3 is 11.7 Å². The molecule has 24 heavy (non-hydrogen) atoms. The first-order chi connectivity index (χ1) is 11.5. The van der Waals surface area contributed by atoms with Crippen LogP contribution in [-0.2, 0) is 11.3 Å². The fraction of sp³-hybridized carbons (Fsp3) is 0.118. The molecule has 0 aliphatic carbocycles. The van der Waals surface area contributed by atoms with E-state index >= 15 is 0 Å². The van der Waals surface area contributed by atoms with E-state index in [-0.39, 0.29) is 23.5 Å². The second-order valence-corrected chi connectivity index (χ2v) is 5.97. The second kappa shape index (κ2) is 6.45. The Bertz CT molecular complexity index is 984. The molecule has 0 saturated heterocycles. The molecular weight excluding hydrogens is 378 g/mol. The van der Waals surface area contributed by atoms with Gasteiger partial charge in [-0.25, -0.2) is 9.59 Å². The highest BCUT2D eigenvalue weighted by Gasteiger charge is 2.16. The van der Waals surface area contributed by atoms with Crippen molar-refractivity contribution in [3.63, 3.8) is 0 Å². The number of hydrogen-bond donors (Lipinski definition) is 0. The molecule has 0 saturated carbocycles. The fourth-order valence-electron chi connectivity index (χ4n) is 2.33. The number of ketones is 1. The molecule has 1 heterocycles. The molecular formula is C17H12BrNO5. The lowest BCUT2D eigenvalue weighted by atomic mass is 10.1. The Balaban J connectivity index is 1.96. The van der Waals surface area contributed by atoms with Crippen molar-refractivity contribution < 1.29 is 18.7 Å². The van der Waals surface area contributed by atoms with Crippen molar-refractivity contribution >= 4 is 38.8 Å². The summed E-state index contributed by atoms with van der Waals surface area (Å²) < 4.78 is 11.9. The van der Waals surface area contributed by atoms with E-state index in [1.807, 2.05) is 0 Å². The minimum absolute atomic E-state index is 0.148. The molecule has 3 aromatic rings. The van der Waals surface area contributed by atoms with Crippen LogP contribution in [0.4, 0.5) is 0 Å².